The lowest BCUT2D eigenvalue weighted by molar-refractivity contribution is 0.0240. The van der Waals surface area contributed by atoms with Crippen molar-refractivity contribution in [2.45, 2.75) is 71.8 Å². The predicted molar refractivity (Wildman–Crippen MR) is 134 cm³/mol. The summed E-state index contributed by atoms with van der Waals surface area (Å²) in [5.74, 6) is 0.609. The van der Waals surface area contributed by atoms with E-state index in [4.69, 9.17) is 9.47 Å². The van der Waals surface area contributed by atoms with Crippen LogP contribution < -0.4 is 9.80 Å². The Morgan fingerprint density at radius 1 is 0.970 bits per heavy atom. The molecule has 0 unspecified atom stereocenters. The first-order chi connectivity index (χ1) is 15.6. The van der Waals surface area contributed by atoms with Gasteiger partial charge in [-0.15, -0.1) is 0 Å². The van der Waals surface area contributed by atoms with E-state index in [1.54, 1.807) is 0 Å². The fourth-order valence-corrected chi connectivity index (χ4v) is 5.34. The maximum absolute atomic E-state index is 12.5. The number of ether oxygens (including phenoxy) is 2. The topological polar surface area (TPSA) is 45.2 Å². The first-order valence-corrected chi connectivity index (χ1v) is 12.8. The van der Waals surface area contributed by atoms with Gasteiger partial charge in [-0.05, 0) is 81.5 Å². The van der Waals surface area contributed by atoms with Crippen LogP contribution in [0.5, 0.6) is 0 Å². The molecule has 0 N–H and O–H groups in total. The van der Waals surface area contributed by atoms with Crippen LogP contribution in [0.15, 0.2) is 18.2 Å². The van der Waals surface area contributed by atoms with Crippen molar-refractivity contribution >= 4 is 17.5 Å². The maximum Gasteiger partial charge on any atom is 0.410 e. The average molecular weight is 458 g/mol. The van der Waals surface area contributed by atoms with Gasteiger partial charge in [-0.3, -0.25) is 0 Å². The number of amides is 1. The maximum atomic E-state index is 12.5. The minimum absolute atomic E-state index is 0.195. The molecule has 0 radical (unpaired) electrons. The Bertz CT molecular complexity index is 808. The summed E-state index contributed by atoms with van der Waals surface area (Å²) in [7, 11) is 0. The van der Waals surface area contributed by atoms with Crippen molar-refractivity contribution in [1.82, 2.24) is 4.90 Å². The zero-order chi connectivity index (χ0) is 23.6. The quantitative estimate of drug-likeness (QED) is 0.619. The molecule has 0 aromatic heterocycles. The first-order valence-electron chi connectivity index (χ1n) is 12.8. The van der Waals surface area contributed by atoms with Gasteiger partial charge in [0, 0.05) is 50.6 Å². The molecule has 6 nitrogen and oxygen atoms in total. The van der Waals surface area contributed by atoms with Crippen molar-refractivity contribution < 1.29 is 14.3 Å². The Balaban J connectivity index is 1.51. The van der Waals surface area contributed by atoms with E-state index in [-0.39, 0.29) is 6.09 Å². The van der Waals surface area contributed by atoms with Gasteiger partial charge in [-0.2, -0.15) is 0 Å². The lowest BCUT2D eigenvalue weighted by Crippen LogP contribution is -2.50. The van der Waals surface area contributed by atoms with E-state index in [0.717, 1.165) is 39.4 Å². The minimum Gasteiger partial charge on any atom is -0.444 e. The number of benzene rings is 1. The second-order valence-electron chi connectivity index (χ2n) is 11.7. The summed E-state index contributed by atoms with van der Waals surface area (Å²) in [6, 6.07) is 7.09. The Morgan fingerprint density at radius 3 is 2.21 bits per heavy atom. The molecule has 1 aliphatic carbocycles. The Labute approximate surface area is 200 Å². The summed E-state index contributed by atoms with van der Waals surface area (Å²) in [5, 5.41) is 0. The van der Waals surface area contributed by atoms with Crippen LogP contribution in [0.25, 0.3) is 0 Å². The summed E-state index contributed by atoms with van der Waals surface area (Å²) >= 11 is 0. The molecule has 3 aliphatic rings. The van der Waals surface area contributed by atoms with Gasteiger partial charge >= 0.3 is 6.09 Å². The van der Waals surface area contributed by atoms with Gasteiger partial charge in [0.25, 0.3) is 0 Å². The number of carbonyl (C=O) groups is 1. The van der Waals surface area contributed by atoms with Crippen molar-refractivity contribution in [2.75, 3.05) is 62.3 Å². The normalized spacial score (nSPS) is 22.4. The van der Waals surface area contributed by atoms with Crippen LogP contribution in [-0.2, 0) is 9.47 Å². The van der Waals surface area contributed by atoms with Gasteiger partial charge in [0.15, 0.2) is 0 Å². The van der Waals surface area contributed by atoms with Crippen LogP contribution in [0.4, 0.5) is 16.2 Å². The monoisotopic (exact) mass is 457 g/mol. The fourth-order valence-electron chi connectivity index (χ4n) is 5.34. The third kappa shape index (κ3) is 6.14. The van der Waals surface area contributed by atoms with E-state index < -0.39 is 5.60 Å². The number of nitrogens with zero attached hydrogens (tertiary/aromatic N) is 3. The largest absolute Gasteiger partial charge is 0.444 e. The standard InChI is InChI=1S/C27H43N3O3/c1-26(2,3)33-25(31)30-14-12-29(13-15-30)24-7-6-22(28-16-18-32-19-17-28)20-23(24)21-8-10-27(4,5)11-9-21/h6-7,20-21H,8-19H2,1-5H3. The molecule has 2 heterocycles. The van der Waals surface area contributed by atoms with Gasteiger partial charge in [-0.25, -0.2) is 4.79 Å². The number of rotatable bonds is 3. The molecule has 4 rings (SSSR count). The molecule has 2 aliphatic heterocycles. The lowest BCUT2D eigenvalue weighted by Gasteiger charge is -2.40. The van der Waals surface area contributed by atoms with Crippen molar-refractivity contribution in [3.8, 4) is 0 Å². The Hall–Kier alpha value is -1.95. The van der Waals surface area contributed by atoms with Gasteiger partial charge in [0.05, 0.1) is 13.2 Å². The van der Waals surface area contributed by atoms with E-state index >= 15 is 0 Å². The molecule has 1 amide bonds. The Morgan fingerprint density at radius 2 is 1.61 bits per heavy atom. The average Bonchev–Trinajstić information content (AvgIpc) is 2.78. The molecule has 3 fully saturated rings. The van der Waals surface area contributed by atoms with Gasteiger partial charge < -0.3 is 24.2 Å². The molecule has 184 valence electrons. The number of hydrogen-bond donors (Lipinski definition) is 0. The zero-order valence-corrected chi connectivity index (χ0v) is 21.4. The van der Waals surface area contributed by atoms with Crippen molar-refractivity contribution in [3.63, 3.8) is 0 Å². The highest BCUT2D eigenvalue weighted by Gasteiger charge is 2.32. The SMILES string of the molecule is CC1(C)CCC(c2cc(N3CCOCC3)ccc2N2CCN(C(=O)OC(C)(C)C)CC2)CC1. The van der Waals surface area contributed by atoms with E-state index in [1.165, 1.54) is 42.6 Å². The van der Waals surface area contributed by atoms with Crippen LogP contribution in [0.2, 0.25) is 0 Å². The molecule has 2 saturated heterocycles. The second kappa shape index (κ2) is 9.73. The van der Waals surface area contributed by atoms with Gasteiger partial charge in [0.1, 0.15) is 5.60 Å². The minimum atomic E-state index is -0.453. The van der Waals surface area contributed by atoms with E-state index in [1.807, 2.05) is 25.7 Å². The summed E-state index contributed by atoms with van der Waals surface area (Å²) in [5.41, 5.74) is 4.19. The van der Waals surface area contributed by atoms with Gasteiger partial charge in [0.2, 0.25) is 0 Å². The summed E-state index contributed by atoms with van der Waals surface area (Å²) in [4.78, 5) is 19.3. The fraction of sp³-hybridized carbons (Fsp3) is 0.741. The van der Waals surface area contributed by atoms with Crippen LogP contribution >= 0.6 is 0 Å². The Kier molecular flexibility index (Phi) is 7.13. The molecular weight excluding hydrogens is 414 g/mol. The third-order valence-electron chi connectivity index (χ3n) is 7.44. The summed E-state index contributed by atoms with van der Waals surface area (Å²) in [6.07, 6.45) is 4.88. The van der Waals surface area contributed by atoms with Crippen molar-refractivity contribution in [3.05, 3.63) is 23.8 Å². The van der Waals surface area contributed by atoms with Crippen molar-refractivity contribution in [1.29, 1.82) is 0 Å². The molecule has 0 bridgehead atoms. The molecular formula is C27H43N3O3. The molecule has 0 spiro atoms. The number of piperazine rings is 1. The summed E-state index contributed by atoms with van der Waals surface area (Å²) in [6.45, 7) is 17.2. The number of morpholine rings is 1. The highest BCUT2D eigenvalue weighted by atomic mass is 16.6. The second-order valence-corrected chi connectivity index (χ2v) is 11.7. The van der Waals surface area contributed by atoms with E-state index in [0.29, 0.717) is 24.4 Å². The van der Waals surface area contributed by atoms with Crippen LogP contribution in [-0.4, -0.2) is 69.1 Å². The number of anilines is 2. The highest BCUT2D eigenvalue weighted by molar-refractivity contribution is 5.69. The number of hydrogen-bond acceptors (Lipinski definition) is 5. The predicted octanol–water partition coefficient (Wildman–Crippen LogP) is 5.26. The van der Waals surface area contributed by atoms with Gasteiger partial charge in [-0.1, -0.05) is 13.8 Å². The van der Waals surface area contributed by atoms with Crippen LogP contribution in [0, 0.1) is 5.41 Å². The first kappa shape index (κ1) is 24.2. The third-order valence-corrected chi connectivity index (χ3v) is 7.44. The number of carbonyl (C=O) groups excluding carboxylic acids is 1. The van der Waals surface area contributed by atoms with E-state index in [9.17, 15) is 4.79 Å². The molecule has 6 heteroatoms. The lowest BCUT2D eigenvalue weighted by atomic mass is 9.71. The molecule has 1 saturated carbocycles. The highest BCUT2D eigenvalue weighted by Crippen LogP contribution is 2.45. The van der Waals surface area contributed by atoms with Crippen LogP contribution in [0.1, 0.15) is 71.8 Å². The molecule has 0 atom stereocenters. The van der Waals surface area contributed by atoms with Crippen LogP contribution in [0.3, 0.4) is 0 Å². The van der Waals surface area contributed by atoms with Crippen molar-refractivity contribution in [2.24, 2.45) is 5.41 Å². The molecule has 1 aromatic carbocycles. The molecule has 33 heavy (non-hydrogen) atoms. The molecule has 1 aromatic rings. The zero-order valence-electron chi connectivity index (χ0n) is 21.4. The van der Waals surface area contributed by atoms with E-state index in [2.05, 4.69) is 41.8 Å². The summed E-state index contributed by atoms with van der Waals surface area (Å²) < 4.78 is 11.2. The smallest absolute Gasteiger partial charge is 0.410 e.